The number of furan rings is 1. The molecule has 1 aromatic heterocycles. The van der Waals surface area contributed by atoms with E-state index in [9.17, 15) is 10.1 Å². The number of nitrogens with one attached hydrogen (secondary N) is 1. The molecule has 0 radical (unpaired) electrons. The van der Waals surface area contributed by atoms with Crippen LogP contribution in [0.4, 0.5) is 5.88 Å². The zero-order valence-electron chi connectivity index (χ0n) is 9.43. The van der Waals surface area contributed by atoms with E-state index in [-0.39, 0.29) is 5.88 Å². The molecule has 0 fully saturated rings. The second-order valence-corrected chi connectivity index (χ2v) is 3.69. The minimum atomic E-state index is -0.545. The van der Waals surface area contributed by atoms with Crippen molar-refractivity contribution in [2.24, 2.45) is 5.92 Å². The lowest BCUT2D eigenvalue weighted by Gasteiger charge is -2.09. The van der Waals surface area contributed by atoms with Crippen LogP contribution in [0.15, 0.2) is 16.5 Å². The molecule has 6 nitrogen and oxygen atoms in total. The third-order valence-electron chi connectivity index (χ3n) is 2.07. The third kappa shape index (κ3) is 4.00. The number of hydrogen-bond donors (Lipinski definition) is 1. The summed E-state index contributed by atoms with van der Waals surface area (Å²) in [4.78, 5) is 9.81. The Morgan fingerprint density at radius 1 is 1.62 bits per heavy atom. The largest absolute Gasteiger partial charge is 0.433 e. The quantitative estimate of drug-likeness (QED) is 0.566. The maximum absolute atomic E-state index is 10.4. The van der Waals surface area contributed by atoms with Crippen molar-refractivity contribution in [3.8, 4) is 0 Å². The molecule has 0 amide bonds. The van der Waals surface area contributed by atoms with Gasteiger partial charge in [-0.25, -0.2) is 0 Å². The molecule has 90 valence electrons. The number of nitrogens with zero attached hydrogens (tertiary/aromatic N) is 1. The summed E-state index contributed by atoms with van der Waals surface area (Å²) < 4.78 is 9.98. The average Bonchev–Trinajstić information content (AvgIpc) is 2.67. The number of methoxy groups -OCH3 is 1. The second kappa shape index (κ2) is 6.24. The molecule has 0 aliphatic rings. The molecule has 0 saturated carbocycles. The van der Waals surface area contributed by atoms with Gasteiger partial charge in [-0.05, 0) is 12.0 Å². The molecule has 1 N–H and O–H groups in total. The Labute approximate surface area is 93.7 Å². The molecule has 0 aliphatic heterocycles. The van der Waals surface area contributed by atoms with E-state index in [0.717, 1.165) is 6.54 Å². The fraction of sp³-hybridized carbons (Fsp3) is 0.600. The summed E-state index contributed by atoms with van der Waals surface area (Å²) in [6, 6.07) is 2.96. The summed E-state index contributed by atoms with van der Waals surface area (Å²) in [5, 5.41) is 13.5. The van der Waals surface area contributed by atoms with Gasteiger partial charge >= 0.3 is 5.88 Å². The number of rotatable bonds is 7. The van der Waals surface area contributed by atoms with Crippen molar-refractivity contribution in [3.05, 3.63) is 28.0 Å². The Hall–Kier alpha value is -1.40. The zero-order valence-corrected chi connectivity index (χ0v) is 9.43. The monoisotopic (exact) mass is 228 g/mol. The molecule has 1 unspecified atom stereocenters. The molecule has 0 spiro atoms. The fourth-order valence-corrected chi connectivity index (χ4v) is 1.34. The highest BCUT2D eigenvalue weighted by atomic mass is 16.6. The Morgan fingerprint density at radius 3 is 2.94 bits per heavy atom. The normalized spacial score (nSPS) is 12.6. The minimum Gasteiger partial charge on any atom is -0.404 e. The van der Waals surface area contributed by atoms with Crippen LogP contribution in [0.25, 0.3) is 0 Å². The van der Waals surface area contributed by atoms with Gasteiger partial charge in [0.05, 0.1) is 12.6 Å². The molecule has 1 heterocycles. The minimum absolute atomic E-state index is 0.221. The molecule has 0 bridgehead atoms. The van der Waals surface area contributed by atoms with E-state index in [0.29, 0.717) is 24.8 Å². The third-order valence-corrected chi connectivity index (χ3v) is 2.07. The van der Waals surface area contributed by atoms with Crippen LogP contribution in [0, 0.1) is 16.0 Å². The molecule has 16 heavy (non-hydrogen) atoms. The average molecular weight is 228 g/mol. The predicted molar refractivity (Wildman–Crippen MR) is 58.1 cm³/mol. The van der Waals surface area contributed by atoms with Crippen LogP contribution in [0.2, 0.25) is 0 Å². The Balaban J connectivity index is 2.29. The number of nitro groups is 1. The van der Waals surface area contributed by atoms with Gasteiger partial charge in [0.1, 0.15) is 10.7 Å². The van der Waals surface area contributed by atoms with Crippen LogP contribution < -0.4 is 5.32 Å². The van der Waals surface area contributed by atoms with Crippen LogP contribution in [-0.4, -0.2) is 25.2 Å². The highest BCUT2D eigenvalue weighted by Crippen LogP contribution is 2.15. The summed E-state index contributed by atoms with van der Waals surface area (Å²) >= 11 is 0. The van der Waals surface area contributed by atoms with Gasteiger partial charge in [0.2, 0.25) is 0 Å². The first kappa shape index (κ1) is 12.7. The van der Waals surface area contributed by atoms with Crippen LogP contribution in [0.1, 0.15) is 12.7 Å². The molecular weight excluding hydrogens is 212 g/mol. The van der Waals surface area contributed by atoms with E-state index in [1.165, 1.54) is 6.07 Å². The fourth-order valence-electron chi connectivity index (χ4n) is 1.34. The van der Waals surface area contributed by atoms with Crippen molar-refractivity contribution in [2.45, 2.75) is 13.5 Å². The van der Waals surface area contributed by atoms with Crippen molar-refractivity contribution in [1.82, 2.24) is 5.32 Å². The van der Waals surface area contributed by atoms with Crippen molar-refractivity contribution in [2.75, 3.05) is 20.3 Å². The van der Waals surface area contributed by atoms with Gasteiger partial charge in [0.15, 0.2) is 0 Å². The standard InChI is InChI=1S/C10H16N2O4/c1-8(7-15-2)5-11-6-9-3-4-10(16-9)12(13)14/h3-4,8,11H,5-7H2,1-2H3. The topological polar surface area (TPSA) is 77.5 Å². The lowest BCUT2D eigenvalue weighted by atomic mass is 10.2. The first-order valence-corrected chi connectivity index (χ1v) is 5.06. The van der Waals surface area contributed by atoms with Gasteiger partial charge in [-0.2, -0.15) is 0 Å². The van der Waals surface area contributed by atoms with E-state index in [1.807, 2.05) is 0 Å². The maximum atomic E-state index is 10.4. The Morgan fingerprint density at radius 2 is 2.38 bits per heavy atom. The van der Waals surface area contributed by atoms with Crippen molar-refractivity contribution in [1.29, 1.82) is 0 Å². The van der Waals surface area contributed by atoms with Gasteiger partial charge in [-0.15, -0.1) is 0 Å². The van der Waals surface area contributed by atoms with Gasteiger partial charge in [0, 0.05) is 20.3 Å². The molecule has 0 aromatic carbocycles. The summed E-state index contributed by atoms with van der Waals surface area (Å²) in [6.45, 7) is 4.01. The van der Waals surface area contributed by atoms with Gasteiger partial charge in [-0.3, -0.25) is 10.1 Å². The molecule has 1 atom stereocenters. The van der Waals surface area contributed by atoms with Gasteiger partial charge in [0.25, 0.3) is 0 Å². The highest BCUT2D eigenvalue weighted by Gasteiger charge is 2.11. The molecule has 1 aromatic rings. The molecule has 6 heteroatoms. The van der Waals surface area contributed by atoms with Gasteiger partial charge in [-0.1, -0.05) is 6.92 Å². The van der Waals surface area contributed by atoms with E-state index >= 15 is 0 Å². The maximum Gasteiger partial charge on any atom is 0.433 e. The number of hydrogen-bond acceptors (Lipinski definition) is 5. The van der Waals surface area contributed by atoms with Crippen molar-refractivity contribution >= 4 is 5.88 Å². The Kier molecular flexibility index (Phi) is 4.94. The van der Waals surface area contributed by atoms with E-state index in [1.54, 1.807) is 13.2 Å². The lowest BCUT2D eigenvalue weighted by Crippen LogP contribution is -2.23. The summed E-state index contributed by atoms with van der Waals surface area (Å²) in [5.41, 5.74) is 0. The number of ether oxygens (including phenoxy) is 1. The summed E-state index contributed by atoms with van der Waals surface area (Å²) in [6.07, 6.45) is 0. The van der Waals surface area contributed by atoms with Crippen LogP contribution in [0.5, 0.6) is 0 Å². The Bertz CT molecular complexity index is 337. The molecule has 0 saturated heterocycles. The van der Waals surface area contributed by atoms with Crippen LogP contribution >= 0.6 is 0 Å². The predicted octanol–water partition coefficient (Wildman–Crippen LogP) is 1.56. The summed E-state index contributed by atoms with van der Waals surface area (Å²) in [7, 11) is 1.66. The first-order chi connectivity index (χ1) is 7.63. The SMILES string of the molecule is COCC(C)CNCc1ccc([N+](=O)[O-])o1. The molecular formula is C10H16N2O4. The van der Waals surface area contributed by atoms with Crippen molar-refractivity contribution < 1.29 is 14.1 Å². The van der Waals surface area contributed by atoms with E-state index in [2.05, 4.69) is 12.2 Å². The summed E-state index contributed by atoms with van der Waals surface area (Å²) in [5.74, 6) is 0.744. The van der Waals surface area contributed by atoms with Crippen LogP contribution in [0.3, 0.4) is 0 Å². The van der Waals surface area contributed by atoms with Gasteiger partial charge < -0.3 is 14.5 Å². The highest BCUT2D eigenvalue weighted by molar-refractivity contribution is 5.17. The zero-order chi connectivity index (χ0) is 12.0. The second-order valence-electron chi connectivity index (χ2n) is 3.69. The van der Waals surface area contributed by atoms with E-state index in [4.69, 9.17) is 9.15 Å². The lowest BCUT2D eigenvalue weighted by molar-refractivity contribution is -0.402. The smallest absolute Gasteiger partial charge is 0.404 e. The van der Waals surface area contributed by atoms with Crippen molar-refractivity contribution in [3.63, 3.8) is 0 Å². The molecule has 1 rings (SSSR count). The van der Waals surface area contributed by atoms with Crippen LogP contribution in [-0.2, 0) is 11.3 Å². The van der Waals surface area contributed by atoms with E-state index < -0.39 is 4.92 Å². The molecule has 0 aliphatic carbocycles. The first-order valence-electron chi connectivity index (χ1n) is 5.06.